The third-order valence-corrected chi connectivity index (χ3v) is 4.79. The van der Waals surface area contributed by atoms with Gasteiger partial charge in [-0.15, -0.1) is 0 Å². The molecule has 1 N–H and O–H groups in total. The fraction of sp³-hybridized carbons (Fsp3) is 0.350. The summed E-state index contributed by atoms with van der Waals surface area (Å²) in [6, 6.07) is 9.43. The normalized spacial score (nSPS) is 11.9. The van der Waals surface area contributed by atoms with Crippen LogP contribution < -0.4 is 4.90 Å². The first-order valence-electron chi connectivity index (χ1n) is 8.77. The number of nitrogens with zero attached hydrogens (tertiary/aromatic N) is 3. The molecule has 6 nitrogen and oxygen atoms in total. The van der Waals surface area contributed by atoms with Crippen LogP contribution in [0, 0.1) is 0 Å². The molecule has 1 aromatic heterocycles. The average molecular weight is 390 g/mol. The largest absolute Gasteiger partial charge is 0.478 e. The maximum atomic E-state index is 12.5. The Balaban J connectivity index is 2.29. The summed E-state index contributed by atoms with van der Waals surface area (Å²) in [4.78, 5) is 25.6. The highest BCUT2D eigenvalue weighted by Crippen LogP contribution is 2.24. The van der Waals surface area contributed by atoms with Gasteiger partial charge in [0.25, 0.3) is 5.91 Å². The first-order chi connectivity index (χ1) is 12.7. The van der Waals surface area contributed by atoms with E-state index in [1.807, 2.05) is 56.1 Å². The number of carbonyl (C=O) groups excluding carboxylic acids is 1. The molecule has 0 amide bonds. The van der Waals surface area contributed by atoms with Crippen LogP contribution in [0.5, 0.6) is 0 Å². The quantitative estimate of drug-likeness (QED) is 0.419. The molecule has 2 aromatic rings. The van der Waals surface area contributed by atoms with E-state index >= 15 is 0 Å². The predicted molar refractivity (Wildman–Crippen MR) is 107 cm³/mol. The van der Waals surface area contributed by atoms with Gasteiger partial charge in [0.2, 0.25) is 0 Å². The summed E-state index contributed by atoms with van der Waals surface area (Å²) < 4.78 is 1.13. The Hall–Kier alpha value is -2.60. The van der Waals surface area contributed by atoms with Crippen molar-refractivity contribution in [1.82, 2.24) is 9.78 Å². The van der Waals surface area contributed by atoms with E-state index in [9.17, 15) is 9.59 Å². The van der Waals surface area contributed by atoms with Crippen molar-refractivity contribution in [3.8, 4) is 0 Å². The van der Waals surface area contributed by atoms with Crippen LogP contribution >= 0.6 is 11.6 Å². The Morgan fingerprint density at radius 1 is 1.37 bits per heavy atom. The lowest BCUT2D eigenvalue weighted by atomic mass is 10.1. The molecular weight excluding hydrogens is 366 g/mol. The van der Waals surface area contributed by atoms with Gasteiger partial charge in [0.1, 0.15) is 11.4 Å². The van der Waals surface area contributed by atoms with Crippen LogP contribution in [0.4, 0.5) is 5.82 Å². The Morgan fingerprint density at radius 3 is 2.67 bits per heavy atom. The first-order valence-corrected chi connectivity index (χ1v) is 9.14. The van der Waals surface area contributed by atoms with Crippen LogP contribution in [0.1, 0.15) is 42.2 Å². The van der Waals surface area contributed by atoms with E-state index in [1.165, 1.54) is 0 Å². The van der Waals surface area contributed by atoms with Crippen LogP contribution in [-0.4, -0.2) is 40.4 Å². The van der Waals surface area contributed by atoms with E-state index in [0.717, 1.165) is 28.8 Å². The van der Waals surface area contributed by atoms with Gasteiger partial charge in [-0.2, -0.15) is 9.78 Å². The standard InChI is InChI=1S/C20H24ClN3O3/c1-5-13(2)17-12-18(24(22-17)19(25)14(3)20(26)27)23(4)10-9-15-7-6-8-16(21)11-15/h6-8,11-13H,3,5,9-10H2,1-2,4H3,(H,26,27). The van der Waals surface area contributed by atoms with Crippen molar-refractivity contribution in [3.63, 3.8) is 0 Å². The molecule has 27 heavy (non-hydrogen) atoms. The molecule has 0 bridgehead atoms. The molecule has 0 aliphatic rings. The van der Waals surface area contributed by atoms with Crippen molar-refractivity contribution in [2.24, 2.45) is 0 Å². The molecule has 0 fully saturated rings. The minimum absolute atomic E-state index is 0.150. The summed E-state index contributed by atoms with van der Waals surface area (Å²) in [5.41, 5.74) is 1.30. The van der Waals surface area contributed by atoms with E-state index in [2.05, 4.69) is 11.7 Å². The molecule has 144 valence electrons. The van der Waals surface area contributed by atoms with Gasteiger partial charge in [0.15, 0.2) is 0 Å². The number of aromatic nitrogens is 2. The summed E-state index contributed by atoms with van der Waals surface area (Å²) in [7, 11) is 1.84. The third kappa shape index (κ3) is 4.98. The van der Waals surface area contributed by atoms with Gasteiger partial charge in [-0.1, -0.05) is 44.2 Å². The summed E-state index contributed by atoms with van der Waals surface area (Å²) in [5.74, 6) is -1.40. The van der Waals surface area contributed by atoms with Crippen LogP contribution in [-0.2, 0) is 11.2 Å². The van der Waals surface area contributed by atoms with E-state index < -0.39 is 17.4 Å². The monoisotopic (exact) mass is 389 g/mol. The number of hydrogen-bond acceptors (Lipinski definition) is 4. The molecule has 1 atom stereocenters. The molecule has 0 aliphatic carbocycles. The molecule has 1 unspecified atom stereocenters. The summed E-state index contributed by atoms with van der Waals surface area (Å²) >= 11 is 6.02. The molecule has 0 radical (unpaired) electrons. The number of benzene rings is 1. The minimum atomic E-state index is -1.35. The Kier molecular flexibility index (Phi) is 6.80. The maximum Gasteiger partial charge on any atom is 0.340 e. The Morgan fingerprint density at radius 2 is 2.07 bits per heavy atom. The number of halogens is 1. The number of carboxylic acid groups (broad SMARTS) is 1. The van der Waals surface area contributed by atoms with E-state index in [4.69, 9.17) is 16.7 Å². The zero-order chi connectivity index (χ0) is 20.1. The average Bonchev–Trinajstić information content (AvgIpc) is 3.09. The van der Waals surface area contributed by atoms with E-state index in [1.54, 1.807) is 0 Å². The predicted octanol–water partition coefficient (Wildman–Crippen LogP) is 4.01. The van der Waals surface area contributed by atoms with Crippen LogP contribution in [0.25, 0.3) is 0 Å². The summed E-state index contributed by atoms with van der Waals surface area (Å²) in [6.45, 7) is 8.02. The second kappa shape index (κ2) is 8.86. The molecule has 0 aliphatic heterocycles. The van der Waals surface area contributed by atoms with Crippen molar-refractivity contribution in [2.45, 2.75) is 32.6 Å². The SMILES string of the molecule is C=C(C(=O)O)C(=O)n1nc(C(C)CC)cc1N(C)CCc1cccc(Cl)c1. The van der Waals surface area contributed by atoms with Gasteiger partial charge in [0, 0.05) is 30.6 Å². The smallest absolute Gasteiger partial charge is 0.340 e. The molecule has 1 aromatic carbocycles. The van der Waals surface area contributed by atoms with Gasteiger partial charge in [-0.05, 0) is 30.5 Å². The molecule has 0 saturated carbocycles. The fourth-order valence-electron chi connectivity index (χ4n) is 2.58. The number of aliphatic carboxylic acids is 1. The van der Waals surface area contributed by atoms with Crippen LogP contribution in [0.2, 0.25) is 5.02 Å². The van der Waals surface area contributed by atoms with Crippen LogP contribution in [0.3, 0.4) is 0 Å². The first kappa shape index (κ1) is 20.7. The highest BCUT2D eigenvalue weighted by molar-refractivity contribution is 6.30. The van der Waals surface area contributed by atoms with Gasteiger partial charge in [-0.3, -0.25) is 4.79 Å². The highest BCUT2D eigenvalue weighted by Gasteiger charge is 2.24. The number of rotatable bonds is 8. The fourth-order valence-corrected chi connectivity index (χ4v) is 2.80. The van der Waals surface area contributed by atoms with Gasteiger partial charge < -0.3 is 10.0 Å². The maximum absolute atomic E-state index is 12.5. The zero-order valence-electron chi connectivity index (χ0n) is 15.8. The molecule has 1 heterocycles. The van der Waals surface area contributed by atoms with Crippen molar-refractivity contribution in [1.29, 1.82) is 0 Å². The lowest BCUT2D eigenvalue weighted by molar-refractivity contribution is -0.132. The molecule has 7 heteroatoms. The molecular formula is C20H24ClN3O3. The summed E-state index contributed by atoms with van der Waals surface area (Å²) in [6.07, 6.45) is 1.58. The third-order valence-electron chi connectivity index (χ3n) is 4.55. The second-order valence-electron chi connectivity index (χ2n) is 6.54. The number of hydrogen-bond donors (Lipinski definition) is 1. The minimum Gasteiger partial charge on any atom is -0.478 e. The zero-order valence-corrected chi connectivity index (χ0v) is 16.5. The van der Waals surface area contributed by atoms with Crippen molar-refractivity contribution in [3.05, 3.63) is 58.8 Å². The van der Waals surface area contributed by atoms with Crippen LogP contribution in [0.15, 0.2) is 42.5 Å². The number of likely N-dealkylation sites (N-methyl/N-ethyl adjacent to an activating group) is 1. The molecule has 0 spiro atoms. The lowest BCUT2D eigenvalue weighted by Gasteiger charge is -2.19. The lowest BCUT2D eigenvalue weighted by Crippen LogP contribution is -2.28. The van der Waals surface area contributed by atoms with E-state index in [0.29, 0.717) is 17.4 Å². The van der Waals surface area contributed by atoms with Gasteiger partial charge in [0.05, 0.1) is 5.69 Å². The van der Waals surface area contributed by atoms with Crippen molar-refractivity contribution in [2.75, 3.05) is 18.5 Å². The second-order valence-corrected chi connectivity index (χ2v) is 6.98. The topological polar surface area (TPSA) is 75.4 Å². The van der Waals surface area contributed by atoms with Crippen molar-refractivity contribution >= 4 is 29.3 Å². The number of carbonyl (C=O) groups is 2. The van der Waals surface area contributed by atoms with E-state index in [-0.39, 0.29) is 5.92 Å². The van der Waals surface area contributed by atoms with Gasteiger partial charge in [-0.25, -0.2) is 4.79 Å². The summed E-state index contributed by atoms with van der Waals surface area (Å²) in [5, 5.41) is 14.1. The highest BCUT2D eigenvalue weighted by atomic mass is 35.5. The Bertz CT molecular complexity index is 860. The van der Waals surface area contributed by atoms with Gasteiger partial charge >= 0.3 is 5.97 Å². The van der Waals surface area contributed by atoms with Crippen molar-refractivity contribution < 1.29 is 14.7 Å². The molecule has 0 saturated heterocycles. The number of carboxylic acids is 1. The molecule has 2 rings (SSSR count). The number of anilines is 1. The Labute approximate surface area is 164 Å².